The van der Waals surface area contributed by atoms with Gasteiger partial charge in [-0.3, -0.25) is 14.5 Å². The summed E-state index contributed by atoms with van der Waals surface area (Å²) in [7, 11) is 0. The van der Waals surface area contributed by atoms with Gasteiger partial charge in [0, 0.05) is 50.4 Å². The molecule has 1 aromatic carbocycles. The number of hydrogen-bond donors (Lipinski definition) is 1. The number of carbonyl (C=O) groups excluding carboxylic acids is 2. The topological polar surface area (TPSA) is 84.2 Å². The second kappa shape index (κ2) is 12.6. The van der Waals surface area contributed by atoms with E-state index in [2.05, 4.69) is 43.1 Å². The summed E-state index contributed by atoms with van der Waals surface area (Å²) < 4.78 is 0. The minimum Gasteiger partial charge on any atom is -0.412 e. The summed E-state index contributed by atoms with van der Waals surface area (Å²) in [6.45, 7) is 10.8. The van der Waals surface area contributed by atoms with E-state index in [0.29, 0.717) is 12.8 Å². The minimum atomic E-state index is 0. The number of nitrogens with zero attached hydrogens (tertiary/aromatic N) is 2. The van der Waals surface area contributed by atoms with Crippen molar-refractivity contribution in [3.8, 4) is 0 Å². The molecule has 1 fully saturated rings. The number of aryl methyl sites for hydroxylation is 1. The predicted octanol–water partition coefficient (Wildman–Crippen LogP) is 3.62. The van der Waals surface area contributed by atoms with Gasteiger partial charge in [-0.25, -0.2) is 0 Å². The van der Waals surface area contributed by atoms with Gasteiger partial charge >= 0.3 is 0 Å². The van der Waals surface area contributed by atoms with Gasteiger partial charge < -0.3 is 15.7 Å². The Labute approximate surface area is 192 Å². The summed E-state index contributed by atoms with van der Waals surface area (Å²) in [6, 6.07) is 5.64. The summed E-state index contributed by atoms with van der Waals surface area (Å²) in [5.41, 5.74) is 5.44. The van der Waals surface area contributed by atoms with Gasteiger partial charge in [-0.05, 0) is 63.8 Å². The Morgan fingerprint density at radius 1 is 1.06 bits per heavy atom. The first kappa shape index (κ1) is 26.9. The van der Waals surface area contributed by atoms with E-state index >= 15 is 0 Å². The van der Waals surface area contributed by atoms with E-state index in [9.17, 15) is 9.59 Å². The molecule has 2 heterocycles. The van der Waals surface area contributed by atoms with Crippen LogP contribution in [-0.4, -0.2) is 59.8 Å². The summed E-state index contributed by atoms with van der Waals surface area (Å²) in [4.78, 5) is 28.8. The molecule has 0 saturated carbocycles. The first-order valence-electron chi connectivity index (χ1n) is 10.7. The Kier molecular flexibility index (Phi) is 11.0. The van der Waals surface area contributed by atoms with Crippen LogP contribution in [0.5, 0.6) is 0 Å². The minimum absolute atomic E-state index is 0. The summed E-state index contributed by atoms with van der Waals surface area (Å²) in [5.74, 6) is 0.145. The molecule has 2 amide bonds. The van der Waals surface area contributed by atoms with Crippen LogP contribution in [-0.2, 0) is 11.2 Å². The maximum absolute atomic E-state index is 12.9. The SMILES string of the molecule is CC(C)=CCC/C(C)=C/CN1CCN(C(=O)c2ccc3c(c2)CCC(=O)N3)CC1.Cl.O. The van der Waals surface area contributed by atoms with Crippen molar-refractivity contribution in [3.63, 3.8) is 0 Å². The van der Waals surface area contributed by atoms with E-state index in [0.717, 1.165) is 62.4 Å². The van der Waals surface area contributed by atoms with Crippen LogP contribution in [0.1, 0.15) is 56.0 Å². The largest absolute Gasteiger partial charge is 0.412 e. The molecule has 3 N–H and O–H groups in total. The molecule has 0 radical (unpaired) electrons. The van der Waals surface area contributed by atoms with Gasteiger partial charge in [0.1, 0.15) is 0 Å². The van der Waals surface area contributed by atoms with Gasteiger partial charge in [-0.15, -0.1) is 12.4 Å². The molecule has 1 aromatic rings. The Bertz CT molecular complexity index is 823. The molecule has 31 heavy (non-hydrogen) atoms. The third kappa shape index (κ3) is 7.80. The maximum Gasteiger partial charge on any atom is 0.253 e. The fourth-order valence-corrected chi connectivity index (χ4v) is 3.81. The Morgan fingerprint density at radius 2 is 1.77 bits per heavy atom. The number of benzene rings is 1. The van der Waals surface area contributed by atoms with Crippen molar-refractivity contribution in [2.75, 3.05) is 38.0 Å². The van der Waals surface area contributed by atoms with Gasteiger partial charge in [0.25, 0.3) is 5.91 Å². The monoisotopic (exact) mass is 449 g/mol. The molecule has 2 aliphatic heterocycles. The van der Waals surface area contributed by atoms with E-state index in [1.807, 2.05) is 23.1 Å². The first-order valence-corrected chi connectivity index (χ1v) is 10.7. The molecule has 3 rings (SSSR count). The van der Waals surface area contributed by atoms with E-state index in [-0.39, 0.29) is 29.7 Å². The van der Waals surface area contributed by atoms with E-state index < -0.39 is 0 Å². The van der Waals surface area contributed by atoms with Crippen molar-refractivity contribution in [1.82, 2.24) is 9.80 Å². The van der Waals surface area contributed by atoms with Crippen LogP contribution in [0, 0.1) is 0 Å². The molecule has 7 heteroatoms. The smallest absolute Gasteiger partial charge is 0.253 e. The highest BCUT2D eigenvalue weighted by Crippen LogP contribution is 2.24. The summed E-state index contributed by atoms with van der Waals surface area (Å²) in [6.07, 6.45) is 8.03. The molecular formula is C24H36ClN3O3. The van der Waals surface area contributed by atoms with E-state index in [4.69, 9.17) is 0 Å². The van der Waals surface area contributed by atoms with E-state index in [1.54, 1.807) is 0 Å². The van der Waals surface area contributed by atoms with E-state index in [1.165, 1.54) is 11.1 Å². The number of allylic oxidation sites excluding steroid dienone is 3. The summed E-state index contributed by atoms with van der Waals surface area (Å²) in [5, 5.41) is 2.87. The molecule has 0 bridgehead atoms. The van der Waals surface area contributed by atoms with Crippen molar-refractivity contribution in [3.05, 3.63) is 52.6 Å². The third-order valence-corrected chi connectivity index (χ3v) is 5.70. The zero-order valence-electron chi connectivity index (χ0n) is 18.9. The molecule has 2 aliphatic rings. The van der Waals surface area contributed by atoms with Gasteiger partial charge in [0.15, 0.2) is 0 Å². The number of piperazine rings is 1. The van der Waals surface area contributed by atoms with Gasteiger partial charge in [0.05, 0.1) is 0 Å². The second-order valence-electron chi connectivity index (χ2n) is 8.38. The number of halogens is 1. The highest BCUT2D eigenvalue weighted by Gasteiger charge is 2.23. The van der Waals surface area contributed by atoms with Crippen LogP contribution in [0.2, 0.25) is 0 Å². The zero-order valence-corrected chi connectivity index (χ0v) is 19.7. The maximum atomic E-state index is 12.9. The van der Waals surface area contributed by atoms with Crippen LogP contribution in [0.4, 0.5) is 5.69 Å². The number of rotatable bonds is 6. The first-order chi connectivity index (χ1) is 13.9. The molecule has 6 nitrogen and oxygen atoms in total. The highest BCUT2D eigenvalue weighted by molar-refractivity contribution is 5.98. The normalized spacial score (nSPS) is 16.4. The number of nitrogens with one attached hydrogen (secondary N) is 1. The lowest BCUT2D eigenvalue weighted by molar-refractivity contribution is -0.116. The van der Waals surface area contributed by atoms with Crippen molar-refractivity contribution in [2.45, 2.75) is 46.5 Å². The van der Waals surface area contributed by atoms with Crippen LogP contribution in [0.25, 0.3) is 0 Å². The molecule has 0 atom stereocenters. The summed E-state index contributed by atoms with van der Waals surface area (Å²) >= 11 is 0. The molecule has 0 aliphatic carbocycles. The number of fused-ring (bicyclic) bond motifs is 1. The average Bonchev–Trinajstić information content (AvgIpc) is 2.71. The third-order valence-electron chi connectivity index (χ3n) is 5.70. The predicted molar refractivity (Wildman–Crippen MR) is 129 cm³/mol. The lowest BCUT2D eigenvalue weighted by Crippen LogP contribution is -2.48. The van der Waals surface area contributed by atoms with Crippen molar-refractivity contribution in [2.24, 2.45) is 0 Å². The lowest BCUT2D eigenvalue weighted by atomic mass is 10.00. The Hall–Kier alpha value is -2.15. The average molecular weight is 450 g/mol. The Morgan fingerprint density at radius 3 is 2.45 bits per heavy atom. The standard InChI is InChI=1S/C24H33N3O2.ClH.H2O/c1-18(2)5-4-6-19(3)11-12-26-13-15-27(16-14-26)24(29)21-7-9-22-20(17-21)8-10-23(28)25-22;;/h5,7,9,11,17H,4,6,8,10,12-16H2,1-3H3,(H,25,28);1H;1H2/b19-11+;;. The molecule has 0 unspecified atom stereocenters. The molecular weight excluding hydrogens is 414 g/mol. The Balaban J connectivity index is 0.00000240. The molecule has 0 aromatic heterocycles. The molecule has 1 saturated heterocycles. The fraction of sp³-hybridized carbons (Fsp3) is 0.500. The number of amides is 2. The molecule has 0 spiro atoms. The van der Waals surface area contributed by atoms with Gasteiger partial charge in [0.2, 0.25) is 5.91 Å². The van der Waals surface area contributed by atoms with Crippen molar-refractivity contribution >= 4 is 29.9 Å². The van der Waals surface area contributed by atoms with Crippen LogP contribution in [0.3, 0.4) is 0 Å². The second-order valence-corrected chi connectivity index (χ2v) is 8.38. The number of anilines is 1. The number of carbonyl (C=O) groups is 2. The van der Waals surface area contributed by atoms with Crippen LogP contribution in [0.15, 0.2) is 41.5 Å². The van der Waals surface area contributed by atoms with Crippen LogP contribution >= 0.6 is 12.4 Å². The lowest BCUT2D eigenvalue weighted by Gasteiger charge is -2.34. The number of hydrogen-bond acceptors (Lipinski definition) is 3. The van der Waals surface area contributed by atoms with Crippen LogP contribution < -0.4 is 5.32 Å². The van der Waals surface area contributed by atoms with Crippen molar-refractivity contribution < 1.29 is 15.1 Å². The highest BCUT2D eigenvalue weighted by atomic mass is 35.5. The molecule has 172 valence electrons. The van der Waals surface area contributed by atoms with Gasteiger partial charge in [-0.1, -0.05) is 23.3 Å². The quantitative estimate of drug-likeness (QED) is 0.673. The van der Waals surface area contributed by atoms with Crippen molar-refractivity contribution in [1.29, 1.82) is 0 Å². The zero-order chi connectivity index (χ0) is 20.8. The van der Waals surface area contributed by atoms with Gasteiger partial charge in [-0.2, -0.15) is 0 Å². The fourth-order valence-electron chi connectivity index (χ4n) is 3.81.